The number of rotatable bonds is 3. The summed E-state index contributed by atoms with van der Waals surface area (Å²) in [6, 6.07) is 0. The molecule has 5 nitrogen and oxygen atoms in total. The summed E-state index contributed by atoms with van der Waals surface area (Å²) in [5, 5.41) is 16.2. The third kappa shape index (κ3) is 9.40. The zero-order chi connectivity index (χ0) is 5.70. The molecule has 0 rings (SSSR count). The maximum absolute atomic E-state index is 9.23. The van der Waals surface area contributed by atoms with Gasteiger partial charge in [-0.15, -0.1) is 10.1 Å². The zero-order valence-electron chi connectivity index (χ0n) is 4.24. The van der Waals surface area contributed by atoms with Crippen LogP contribution in [0.5, 0.6) is 0 Å². The molecular formula is C2H8BiNO4. The quantitative estimate of drug-likeness (QED) is 0.371. The van der Waals surface area contributed by atoms with Crippen LogP contribution in [-0.2, 0) is 4.84 Å². The number of aliphatic hydroxyl groups excluding tert-OH is 1. The zero-order valence-corrected chi connectivity index (χ0v) is 9.74. The van der Waals surface area contributed by atoms with Crippen LogP contribution in [0, 0.1) is 10.1 Å². The molecule has 0 spiro atoms. The average Bonchev–Trinajstić information content (AvgIpc) is 1.61. The van der Waals surface area contributed by atoms with E-state index in [-0.39, 0.29) is 39.4 Å². The molecule has 0 bridgehead atoms. The van der Waals surface area contributed by atoms with Gasteiger partial charge < -0.3 is 9.94 Å². The molecule has 0 aliphatic heterocycles. The summed E-state index contributed by atoms with van der Waals surface area (Å²) in [6.07, 6.45) is 0. The van der Waals surface area contributed by atoms with Crippen molar-refractivity contribution >= 4 is 26.2 Å². The molecule has 0 saturated heterocycles. The minimum absolute atomic E-state index is 0. The van der Waals surface area contributed by atoms with Gasteiger partial charge >= 0.3 is 26.2 Å². The average molecular weight is 319 g/mol. The van der Waals surface area contributed by atoms with Crippen molar-refractivity contribution in [1.82, 2.24) is 0 Å². The topological polar surface area (TPSA) is 72.6 Å². The Morgan fingerprint density at radius 3 is 2.38 bits per heavy atom. The normalized spacial score (nSPS) is 7.12. The van der Waals surface area contributed by atoms with E-state index < -0.39 is 5.09 Å². The Kier molecular flexibility index (Phi) is 9.62. The molecule has 0 aliphatic carbocycles. The summed E-state index contributed by atoms with van der Waals surface area (Å²) in [5.41, 5.74) is 0. The van der Waals surface area contributed by atoms with Crippen LogP contribution in [0.3, 0.4) is 0 Å². The van der Waals surface area contributed by atoms with E-state index >= 15 is 0 Å². The van der Waals surface area contributed by atoms with Gasteiger partial charge in [-0.1, -0.05) is 0 Å². The summed E-state index contributed by atoms with van der Waals surface area (Å²) in [5.74, 6) is 0. The first-order chi connectivity index (χ1) is 3.27. The first kappa shape index (κ1) is 10.9. The van der Waals surface area contributed by atoms with Gasteiger partial charge in [-0.2, -0.15) is 0 Å². The van der Waals surface area contributed by atoms with Gasteiger partial charge in [0.05, 0.1) is 6.61 Å². The molecule has 50 valence electrons. The van der Waals surface area contributed by atoms with Crippen molar-refractivity contribution in [1.29, 1.82) is 0 Å². The van der Waals surface area contributed by atoms with Crippen LogP contribution in [0.1, 0.15) is 0 Å². The Labute approximate surface area is 64.9 Å². The van der Waals surface area contributed by atoms with E-state index in [1.54, 1.807) is 0 Å². The summed E-state index contributed by atoms with van der Waals surface area (Å²) >= 11 is 0. The number of aliphatic hydroxyl groups is 1. The molecule has 0 amide bonds. The van der Waals surface area contributed by atoms with Crippen LogP contribution in [-0.4, -0.2) is 49.6 Å². The second-order valence-corrected chi connectivity index (χ2v) is 0.780. The molecule has 0 fully saturated rings. The van der Waals surface area contributed by atoms with Gasteiger partial charge in [-0.25, -0.2) is 0 Å². The Bertz CT molecular complexity index is 67.1. The van der Waals surface area contributed by atoms with Crippen molar-refractivity contribution in [2.45, 2.75) is 0 Å². The number of hydrogen-bond donors (Lipinski definition) is 1. The van der Waals surface area contributed by atoms with E-state index in [0.717, 1.165) is 0 Å². The van der Waals surface area contributed by atoms with Gasteiger partial charge in [0.25, 0.3) is 5.09 Å². The van der Waals surface area contributed by atoms with Gasteiger partial charge in [0.2, 0.25) is 0 Å². The van der Waals surface area contributed by atoms with Gasteiger partial charge in [0.1, 0.15) is 6.61 Å². The SMILES string of the molecule is O=[N+]([O-])OCCO.[BiH3]. The summed E-state index contributed by atoms with van der Waals surface area (Å²) < 4.78 is 0. The van der Waals surface area contributed by atoms with E-state index in [1.807, 2.05) is 0 Å². The van der Waals surface area contributed by atoms with Crippen LogP contribution < -0.4 is 0 Å². The standard InChI is InChI=1S/C2H5NO4.Bi.3H/c4-1-2-7-3(5)6;;;;/h4H,1-2H2;;;;. The van der Waals surface area contributed by atoms with E-state index in [9.17, 15) is 10.1 Å². The molecule has 0 atom stereocenters. The first-order valence-electron chi connectivity index (χ1n) is 1.65. The van der Waals surface area contributed by atoms with Crippen molar-refractivity contribution in [3.8, 4) is 0 Å². The molecule has 0 aromatic carbocycles. The van der Waals surface area contributed by atoms with Crippen LogP contribution in [0.25, 0.3) is 0 Å². The van der Waals surface area contributed by atoms with Crippen LogP contribution in [0.15, 0.2) is 0 Å². The first-order valence-corrected chi connectivity index (χ1v) is 1.65. The van der Waals surface area contributed by atoms with Crippen LogP contribution in [0.2, 0.25) is 0 Å². The fourth-order valence-corrected chi connectivity index (χ4v) is 0.115. The monoisotopic (exact) mass is 319 g/mol. The molecule has 0 radical (unpaired) electrons. The molecule has 1 N–H and O–H groups in total. The molecule has 6 heteroatoms. The second-order valence-electron chi connectivity index (χ2n) is 0.780. The van der Waals surface area contributed by atoms with Crippen molar-refractivity contribution in [2.24, 2.45) is 0 Å². The van der Waals surface area contributed by atoms with Gasteiger partial charge in [0.15, 0.2) is 0 Å². The molecule has 8 heavy (non-hydrogen) atoms. The molecule has 0 aromatic rings. The fraction of sp³-hybridized carbons (Fsp3) is 1.00. The Morgan fingerprint density at radius 2 is 2.25 bits per heavy atom. The Hall–Kier alpha value is 0.0431. The summed E-state index contributed by atoms with van der Waals surface area (Å²) in [6.45, 7) is -0.562. The van der Waals surface area contributed by atoms with E-state index in [4.69, 9.17) is 5.11 Å². The van der Waals surface area contributed by atoms with E-state index in [0.29, 0.717) is 0 Å². The Balaban J connectivity index is 0. The van der Waals surface area contributed by atoms with E-state index in [1.165, 1.54) is 0 Å². The molecule has 0 aromatic heterocycles. The summed E-state index contributed by atoms with van der Waals surface area (Å²) in [7, 11) is 0. The fourth-order valence-electron chi connectivity index (χ4n) is 0.115. The van der Waals surface area contributed by atoms with Crippen molar-refractivity contribution in [3.63, 3.8) is 0 Å². The van der Waals surface area contributed by atoms with E-state index in [2.05, 4.69) is 4.84 Å². The summed E-state index contributed by atoms with van der Waals surface area (Å²) in [4.78, 5) is 12.9. The number of nitrogens with zero attached hydrogens (tertiary/aromatic N) is 1. The number of hydrogen-bond acceptors (Lipinski definition) is 4. The van der Waals surface area contributed by atoms with Gasteiger partial charge in [0, 0.05) is 0 Å². The molecule has 0 unspecified atom stereocenters. The molecule has 0 saturated carbocycles. The molecule has 0 heterocycles. The van der Waals surface area contributed by atoms with Gasteiger partial charge in [-0.3, -0.25) is 0 Å². The van der Waals surface area contributed by atoms with Gasteiger partial charge in [-0.05, 0) is 0 Å². The minimum atomic E-state index is -0.948. The third-order valence-corrected chi connectivity index (χ3v) is 0.288. The third-order valence-electron chi connectivity index (χ3n) is 0.288. The van der Waals surface area contributed by atoms with Crippen LogP contribution in [0.4, 0.5) is 0 Å². The molecule has 0 aliphatic rings. The maximum atomic E-state index is 9.23. The van der Waals surface area contributed by atoms with Crippen LogP contribution >= 0.6 is 0 Å². The Morgan fingerprint density at radius 1 is 1.75 bits per heavy atom. The second kappa shape index (κ2) is 7.04. The van der Waals surface area contributed by atoms with Crippen molar-refractivity contribution < 1.29 is 15.0 Å². The predicted molar refractivity (Wildman–Crippen MR) is 30.0 cm³/mol. The van der Waals surface area contributed by atoms with Crippen molar-refractivity contribution in [3.05, 3.63) is 10.1 Å². The molecular weight excluding hydrogens is 311 g/mol. The van der Waals surface area contributed by atoms with Crippen molar-refractivity contribution in [2.75, 3.05) is 13.2 Å². The predicted octanol–water partition coefficient (Wildman–Crippen LogP) is -2.00.